The molecule has 0 spiro atoms. The normalized spacial score (nSPS) is 16.8. The van der Waals surface area contributed by atoms with Gasteiger partial charge in [-0.1, -0.05) is 45.8 Å². The van der Waals surface area contributed by atoms with E-state index >= 15 is 0 Å². The summed E-state index contributed by atoms with van der Waals surface area (Å²) in [5, 5.41) is 5.84. The number of rotatable bonds is 9. The Kier molecular flexibility index (Phi) is 9.47. The van der Waals surface area contributed by atoms with Gasteiger partial charge < -0.3 is 25.0 Å². The van der Waals surface area contributed by atoms with Crippen molar-refractivity contribution in [3.05, 3.63) is 81.8 Å². The third-order valence-corrected chi connectivity index (χ3v) is 7.61. The second kappa shape index (κ2) is 13.0. The molecule has 8 nitrogen and oxygen atoms in total. The van der Waals surface area contributed by atoms with Crippen molar-refractivity contribution in [2.24, 2.45) is 5.92 Å². The Morgan fingerprint density at radius 1 is 0.975 bits per heavy atom. The van der Waals surface area contributed by atoms with Crippen LogP contribution in [-0.4, -0.2) is 38.5 Å². The molecule has 0 bridgehead atoms. The SMILES string of the molecule is COc1ccc(C2C(C(=O)NCCC(=O)Nc3cc(Br)ccc3C)CCC(=O)N2c2ccc(C)cc2)cc1OC. The average molecular weight is 609 g/mol. The van der Waals surface area contributed by atoms with E-state index in [0.717, 1.165) is 32.5 Å². The first-order valence-electron chi connectivity index (χ1n) is 13.2. The van der Waals surface area contributed by atoms with Gasteiger partial charge in [-0.05, 0) is 67.8 Å². The number of carbonyl (C=O) groups excluding carboxylic acids is 3. The van der Waals surface area contributed by atoms with Crippen molar-refractivity contribution >= 4 is 45.0 Å². The van der Waals surface area contributed by atoms with E-state index in [1.807, 2.05) is 68.4 Å². The molecule has 40 heavy (non-hydrogen) atoms. The number of methoxy groups -OCH3 is 2. The molecule has 1 saturated heterocycles. The van der Waals surface area contributed by atoms with E-state index in [0.29, 0.717) is 17.9 Å². The number of anilines is 2. The summed E-state index contributed by atoms with van der Waals surface area (Å²) in [5.41, 5.74) is 4.22. The van der Waals surface area contributed by atoms with Crippen LogP contribution in [-0.2, 0) is 14.4 Å². The van der Waals surface area contributed by atoms with Crippen molar-refractivity contribution in [2.45, 2.75) is 39.2 Å². The summed E-state index contributed by atoms with van der Waals surface area (Å²) in [6.07, 6.45) is 0.736. The molecule has 3 amide bonds. The Bertz CT molecular complexity index is 1390. The number of nitrogens with zero attached hydrogens (tertiary/aromatic N) is 1. The van der Waals surface area contributed by atoms with E-state index in [-0.39, 0.29) is 37.1 Å². The number of carbonyl (C=O) groups is 3. The third-order valence-electron chi connectivity index (χ3n) is 7.12. The molecule has 2 N–H and O–H groups in total. The molecule has 9 heteroatoms. The Hall–Kier alpha value is -3.85. The summed E-state index contributed by atoms with van der Waals surface area (Å²) in [6, 6.07) is 18.3. The van der Waals surface area contributed by atoms with E-state index in [1.54, 1.807) is 25.2 Å². The molecule has 0 saturated carbocycles. The molecule has 0 radical (unpaired) electrons. The van der Waals surface area contributed by atoms with Crippen molar-refractivity contribution in [1.29, 1.82) is 0 Å². The number of nitrogens with one attached hydrogen (secondary N) is 2. The average Bonchev–Trinajstić information content (AvgIpc) is 2.95. The van der Waals surface area contributed by atoms with Crippen LogP contribution in [0.25, 0.3) is 0 Å². The van der Waals surface area contributed by atoms with Crippen LogP contribution in [0.3, 0.4) is 0 Å². The fourth-order valence-corrected chi connectivity index (χ4v) is 5.33. The summed E-state index contributed by atoms with van der Waals surface area (Å²) in [4.78, 5) is 41.2. The smallest absolute Gasteiger partial charge is 0.227 e. The van der Waals surface area contributed by atoms with E-state index in [1.165, 1.54) is 0 Å². The minimum Gasteiger partial charge on any atom is -0.493 e. The lowest BCUT2D eigenvalue weighted by atomic mass is 9.83. The first kappa shape index (κ1) is 29.1. The number of piperidine rings is 1. The topological polar surface area (TPSA) is 97.0 Å². The third kappa shape index (κ3) is 6.65. The lowest BCUT2D eigenvalue weighted by Gasteiger charge is -2.41. The summed E-state index contributed by atoms with van der Waals surface area (Å²) in [5.74, 6) is 0.0707. The number of hydrogen-bond acceptors (Lipinski definition) is 5. The van der Waals surface area contributed by atoms with Crippen LogP contribution in [0.2, 0.25) is 0 Å². The van der Waals surface area contributed by atoms with Gasteiger partial charge in [-0.2, -0.15) is 0 Å². The highest BCUT2D eigenvalue weighted by Crippen LogP contribution is 2.42. The maximum atomic E-state index is 13.6. The van der Waals surface area contributed by atoms with Gasteiger partial charge in [0.1, 0.15) is 0 Å². The highest BCUT2D eigenvalue weighted by Gasteiger charge is 2.41. The summed E-state index contributed by atoms with van der Waals surface area (Å²) in [7, 11) is 3.11. The van der Waals surface area contributed by atoms with Crippen LogP contribution >= 0.6 is 15.9 Å². The monoisotopic (exact) mass is 607 g/mol. The molecular weight excluding hydrogens is 574 g/mol. The van der Waals surface area contributed by atoms with E-state index in [4.69, 9.17) is 9.47 Å². The molecule has 1 aliphatic rings. The molecule has 1 fully saturated rings. The quantitative estimate of drug-likeness (QED) is 0.325. The molecule has 2 atom stereocenters. The minimum absolute atomic E-state index is 0.0588. The molecule has 4 rings (SSSR count). The second-order valence-electron chi connectivity index (χ2n) is 9.85. The minimum atomic E-state index is -0.568. The number of halogens is 1. The van der Waals surface area contributed by atoms with E-state index < -0.39 is 12.0 Å². The van der Waals surface area contributed by atoms with Crippen molar-refractivity contribution in [2.75, 3.05) is 31.0 Å². The molecule has 3 aromatic rings. The lowest BCUT2D eigenvalue weighted by Crippen LogP contribution is -2.48. The maximum Gasteiger partial charge on any atom is 0.227 e. The number of ether oxygens (including phenoxy) is 2. The fraction of sp³-hybridized carbons (Fsp3) is 0.323. The van der Waals surface area contributed by atoms with Crippen molar-refractivity contribution in [1.82, 2.24) is 5.32 Å². The van der Waals surface area contributed by atoms with Gasteiger partial charge >= 0.3 is 0 Å². The zero-order valence-corrected chi connectivity index (χ0v) is 24.7. The Morgan fingerprint density at radius 3 is 2.40 bits per heavy atom. The molecule has 2 unspecified atom stereocenters. The van der Waals surface area contributed by atoms with Gasteiger partial charge in [0, 0.05) is 35.2 Å². The molecule has 0 aliphatic carbocycles. The lowest BCUT2D eigenvalue weighted by molar-refractivity contribution is -0.129. The number of aryl methyl sites for hydroxylation is 2. The Labute approximate surface area is 243 Å². The molecule has 3 aromatic carbocycles. The van der Waals surface area contributed by atoms with Gasteiger partial charge in [-0.3, -0.25) is 14.4 Å². The zero-order valence-electron chi connectivity index (χ0n) is 23.1. The highest BCUT2D eigenvalue weighted by atomic mass is 79.9. The van der Waals surface area contributed by atoms with Crippen LogP contribution in [0, 0.1) is 19.8 Å². The summed E-state index contributed by atoms with van der Waals surface area (Å²) < 4.78 is 11.8. The molecule has 210 valence electrons. The van der Waals surface area contributed by atoms with E-state index in [2.05, 4.69) is 26.6 Å². The largest absolute Gasteiger partial charge is 0.493 e. The van der Waals surface area contributed by atoms with Gasteiger partial charge in [0.05, 0.1) is 26.2 Å². The van der Waals surface area contributed by atoms with Gasteiger partial charge in [0.25, 0.3) is 0 Å². The second-order valence-corrected chi connectivity index (χ2v) is 10.8. The predicted molar refractivity (Wildman–Crippen MR) is 159 cm³/mol. The van der Waals surface area contributed by atoms with E-state index in [9.17, 15) is 14.4 Å². The first-order chi connectivity index (χ1) is 19.2. The van der Waals surface area contributed by atoms with Crippen molar-refractivity contribution in [3.63, 3.8) is 0 Å². The van der Waals surface area contributed by atoms with Crippen LogP contribution in [0.1, 0.15) is 42.0 Å². The van der Waals surface area contributed by atoms with Gasteiger partial charge in [0.2, 0.25) is 17.7 Å². The van der Waals surface area contributed by atoms with Gasteiger partial charge in [-0.25, -0.2) is 0 Å². The van der Waals surface area contributed by atoms with Gasteiger partial charge in [0.15, 0.2) is 11.5 Å². The molecule has 1 heterocycles. The zero-order chi connectivity index (χ0) is 28.8. The number of hydrogen-bond donors (Lipinski definition) is 2. The van der Waals surface area contributed by atoms with Crippen molar-refractivity contribution in [3.8, 4) is 11.5 Å². The standard InChI is InChI=1S/C31H34BrN3O5/c1-19-5-10-23(11-6-19)35-29(37)14-12-24(30(35)21-8-13-26(39-3)27(17-21)40-4)31(38)33-16-15-28(36)34-25-18-22(32)9-7-20(25)2/h5-11,13,17-18,24,30H,12,14-16H2,1-4H3,(H,33,38)(H,34,36). The molecule has 1 aliphatic heterocycles. The maximum absolute atomic E-state index is 13.6. The predicted octanol–water partition coefficient (Wildman–Crippen LogP) is 5.71. The molecule has 0 aromatic heterocycles. The number of amides is 3. The molecular formula is C31H34BrN3O5. The van der Waals surface area contributed by atoms with Crippen LogP contribution in [0.5, 0.6) is 11.5 Å². The number of benzene rings is 3. The van der Waals surface area contributed by atoms with Crippen LogP contribution in [0.15, 0.2) is 65.1 Å². The fourth-order valence-electron chi connectivity index (χ4n) is 4.97. The Balaban J connectivity index is 1.55. The van der Waals surface area contributed by atoms with Crippen LogP contribution in [0.4, 0.5) is 11.4 Å². The summed E-state index contributed by atoms with van der Waals surface area (Å²) in [6.45, 7) is 4.08. The Morgan fingerprint density at radius 2 is 1.70 bits per heavy atom. The first-order valence-corrected chi connectivity index (χ1v) is 14.0. The van der Waals surface area contributed by atoms with Crippen LogP contribution < -0.4 is 25.0 Å². The van der Waals surface area contributed by atoms with Gasteiger partial charge in [-0.15, -0.1) is 0 Å². The van der Waals surface area contributed by atoms with Crippen molar-refractivity contribution < 1.29 is 23.9 Å². The highest BCUT2D eigenvalue weighted by molar-refractivity contribution is 9.10. The summed E-state index contributed by atoms with van der Waals surface area (Å²) >= 11 is 3.42.